The highest BCUT2D eigenvalue weighted by Crippen LogP contribution is 2.42. The summed E-state index contributed by atoms with van der Waals surface area (Å²) in [6.45, 7) is 0.864. The Bertz CT molecular complexity index is 1240. The second-order valence-electron chi connectivity index (χ2n) is 7.68. The van der Waals surface area contributed by atoms with Crippen LogP contribution in [0.15, 0.2) is 34.9 Å². The van der Waals surface area contributed by atoms with Gasteiger partial charge < -0.3 is 25.3 Å². The highest BCUT2D eigenvalue weighted by Gasteiger charge is 2.41. The van der Waals surface area contributed by atoms with Gasteiger partial charge in [0.2, 0.25) is 5.91 Å². The number of aliphatic hydroxyl groups excluding tert-OH is 1. The molecule has 3 aromatic rings. The van der Waals surface area contributed by atoms with Crippen molar-refractivity contribution < 1.29 is 37.0 Å². The maximum absolute atomic E-state index is 13.5. The number of aromatic nitrogens is 1. The first-order valence-corrected chi connectivity index (χ1v) is 10.1. The molecule has 1 aliphatic carbocycles. The highest BCUT2D eigenvalue weighted by atomic mass is 19.4. The molecule has 0 radical (unpaired) electrons. The van der Waals surface area contributed by atoms with E-state index < -0.39 is 42.4 Å². The van der Waals surface area contributed by atoms with Crippen LogP contribution in [0.25, 0.3) is 11.0 Å². The molecule has 0 spiro atoms. The Morgan fingerprint density at radius 3 is 2.79 bits per heavy atom. The molecular weight excluding hydrogens is 443 g/mol. The summed E-state index contributed by atoms with van der Waals surface area (Å²) in [6.07, 6.45) is -3.57. The minimum atomic E-state index is -4.61. The maximum Gasteiger partial charge on any atom is 0.433 e. The Morgan fingerprint density at radius 2 is 2.12 bits per heavy atom. The molecule has 0 unspecified atom stereocenters. The van der Waals surface area contributed by atoms with Crippen LogP contribution in [-0.2, 0) is 17.4 Å². The van der Waals surface area contributed by atoms with E-state index in [1.165, 1.54) is 18.2 Å². The number of carbonyl (C=O) groups excluding carboxylic acids is 2. The molecule has 8 nitrogen and oxygen atoms in total. The van der Waals surface area contributed by atoms with E-state index in [4.69, 9.17) is 14.9 Å². The second kappa shape index (κ2) is 8.39. The molecule has 2 heterocycles. The number of nitrogens with one attached hydrogen (secondary N) is 1. The first kappa shape index (κ1) is 22.6. The van der Waals surface area contributed by atoms with E-state index in [0.29, 0.717) is 29.4 Å². The molecule has 4 N–H and O–H groups in total. The van der Waals surface area contributed by atoms with Crippen LogP contribution in [0, 0.1) is 6.92 Å². The van der Waals surface area contributed by atoms with E-state index in [-0.39, 0.29) is 22.6 Å². The number of benzene rings is 1. The third kappa shape index (κ3) is 4.23. The maximum atomic E-state index is 13.5. The molecule has 0 saturated carbocycles. The summed E-state index contributed by atoms with van der Waals surface area (Å²) in [5, 5.41) is 11.9. The molecule has 4 rings (SSSR count). The summed E-state index contributed by atoms with van der Waals surface area (Å²) in [5.41, 5.74) is 5.17. The lowest BCUT2D eigenvalue weighted by Gasteiger charge is -2.18. The van der Waals surface area contributed by atoms with Gasteiger partial charge in [0.25, 0.3) is 5.91 Å². The summed E-state index contributed by atoms with van der Waals surface area (Å²) in [6, 6.07) is 4.82. The number of fused-ring (bicyclic) bond motifs is 2. The van der Waals surface area contributed by atoms with Gasteiger partial charge in [-0.25, -0.2) is 0 Å². The normalized spacial score (nSPS) is 16.5. The van der Waals surface area contributed by atoms with Crippen LogP contribution in [0.2, 0.25) is 0 Å². The average Bonchev–Trinajstić information content (AvgIpc) is 3.30. The SMILES string of the molecule is Cc1oc2ccc(O[C@@H]3CCc4ccnc(C(F)(F)F)c43)cc2c1C(=O)N[C@@H](CO)C(N)=O. The van der Waals surface area contributed by atoms with E-state index in [2.05, 4.69) is 10.3 Å². The first-order valence-electron chi connectivity index (χ1n) is 10.1. The van der Waals surface area contributed by atoms with Crippen LogP contribution in [-0.4, -0.2) is 34.6 Å². The number of rotatable bonds is 6. The van der Waals surface area contributed by atoms with Crippen molar-refractivity contribution in [2.24, 2.45) is 5.73 Å². The Kier molecular flexibility index (Phi) is 5.75. The number of halogens is 3. The van der Waals surface area contributed by atoms with Crippen LogP contribution < -0.4 is 15.8 Å². The number of ether oxygens (including phenoxy) is 1. The molecule has 33 heavy (non-hydrogen) atoms. The molecule has 2 amide bonds. The summed E-state index contributed by atoms with van der Waals surface area (Å²) < 4.78 is 51.9. The lowest BCUT2D eigenvalue weighted by atomic mass is 10.1. The number of aliphatic hydroxyl groups is 1. The van der Waals surface area contributed by atoms with E-state index in [9.17, 15) is 27.9 Å². The van der Waals surface area contributed by atoms with E-state index in [1.807, 2.05) is 0 Å². The average molecular weight is 463 g/mol. The third-order valence-corrected chi connectivity index (χ3v) is 5.52. The van der Waals surface area contributed by atoms with E-state index in [1.54, 1.807) is 13.0 Å². The fraction of sp³-hybridized carbons (Fsp3) is 0.318. The zero-order chi connectivity index (χ0) is 23.9. The van der Waals surface area contributed by atoms with Gasteiger partial charge >= 0.3 is 6.18 Å². The fourth-order valence-corrected chi connectivity index (χ4v) is 4.02. The van der Waals surface area contributed by atoms with Crippen molar-refractivity contribution in [2.75, 3.05) is 6.61 Å². The summed E-state index contributed by atoms with van der Waals surface area (Å²) >= 11 is 0. The smallest absolute Gasteiger partial charge is 0.433 e. The molecule has 0 saturated heterocycles. The van der Waals surface area contributed by atoms with Crippen molar-refractivity contribution in [3.8, 4) is 5.75 Å². The van der Waals surface area contributed by atoms with Gasteiger partial charge in [-0.15, -0.1) is 0 Å². The van der Waals surface area contributed by atoms with Gasteiger partial charge in [0.05, 0.1) is 12.2 Å². The van der Waals surface area contributed by atoms with Gasteiger partial charge in [-0.3, -0.25) is 14.6 Å². The molecule has 1 aliphatic rings. The van der Waals surface area contributed by atoms with E-state index >= 15 is 0 Å². The Labute approximate surface area is 185 Å². The Morgan fingerprint density at radius 1 is 1.36 bits per heavy atom. The van der Waals surface area contributed by atoms with Crippen molar-refractivity contribution in [3.63, 3.8) is 0 Å². The number of hydrogen-bond acceptors (Lipinski definition) is 6. The van der Waals surface area contributed by atoms with Crippen LogP contribution >= 0.6 is 0 Å². The van der Waals surface area contributed by atoms with Gasteiger partial charge in [0, 0.05) is 17.1 Å². The van der Waals surface area contributed by atoms with Crippen molar-refractivity contribution in [2.45, 2.75) is 38.1 Å². The lowest BCUT2D eigenvalue weighted by Crippen LogP contribution is -2.46. The Balaban J connectivity index is 1.67. The van der Waals surface area contributed by atoms with Gasteiger partial charge in [-0.05, 0) is 49.6 Å². The highest BCUT2D eigenvalue weighted by molar-refractivity contribution is 6.08. The fourth-order valence-electron chi connectivity index (χ4n) is 4.02. The van der Waals surface area contributed by atoms with Crippen molar-refractivity contribution in [1.29, 1.82) is 0 Å². The molecule has 2 atom stereocenters. The molecule has 0 aliphatic heterocycles. The molecule has 1 aromatic carbocycles. The third-order valence-electron chi connectivity index (χ3n) is 5.52. The number of hydrogen-bond donors (Lipinski definition) is 3. The number of alkyl halides is 3. The van der Waals surface area contributed by atoms with Gasteiger partial charge in [0.15, 0.2) is 5.69 Å². The minimum absolute atomic E-state index is 0.0127. The second-order valence-corrected chi connectivity index (χ2v) is 7.68. The zero-order valence-corrected chi connectivity index (χ0v) is 17.4. The number of nitrogens with two attached hydrogens (primary N) is 1. The number of aryl methyl sites for hydroxylation is 2. The summed E-state index contributed by atoms with van der Waals surface area (Å²) in [4.78, 5) is 27.6. The minimum Gasteiger partial charge on any atom is -0.486 e. The van der Waals surface area contributed by atoms with Gasteiger partial charge in [0.1, 0.15) is 29.2 Å². The molecule has 0 fully saturated rings. The first-order chi connectivity index (χ1) is 15.6. The Hall–Kier alpha value is -3.60. The van der Waals surface area contributed by atoms with E-state index in [0.717, 1.165) is 6.20 Å². The monoisotopic (exact) mass is 463 g/mol. The topological polar surface area (TPSA) is 128 Å². The number of pyridine rings is 1. The molecule has 174 valence electrons. The van der Waals surface area contributed by atoms with Crippen LogP contribution in [0.3, 0.4) is 0 Å². The number of nitrogens with zero attached hydrogens (tertiary/aromatic N) is 1. The van der Waals surface area contributed by atoms with Crippen molar-refractivity contribution in [1.82, 2.24) is 10.3 Å². The molecule has 11 heteroatoms. The number of furan rings is 1. The van der Waals surface area contributed by atoms with Gasteiger partial charge in [-0.1, -0.05) is 0 Å². The van der Waals surface area contributed by atoms with Gasteiger partial charge in [-0.2, -0.15) is 13.2 Å². The quantitative estimate of drug-likeness (QED) is 0.516. The number of carbonyl (C=O) groups is 2. The zero-order valence-electron chi connectivity index (χ0n) is 17.4. The summed E-state index contributed by atoms with van der Waals surface area (Å²) in [5.74, 6) is -1.12. The van der Waals surface area contributed by atoms with Crippen LogP contribution in [0.1, 0.15) is 45.5 Å². The molecular formula is C22H20F3N3O5. The summed E-state index contributed by atoms with van der Waals surface area (Å²) in [7, 11) is 0. The van der Waals surface area contributed by atoms with Crippen molar-refractivity contribution in [3.05, 3.63) is 58.6 Å². The predicted molar refractivity (Wildman–Crippen MR) is 109 cm³/mol. The number of primary amides is 1. The molecule has 0 bridgehead atoms. The standard InChI is InChI=1S/C22H20F3N3O5/c1-10-17(21(31)28-14(9-29)20(26)30)13-8-12(3-5-15(13)32-10)33-16-4-2-11-6-7-27-19(18(11)16)22(23,24)25/h3,5-8,14,16,29H,2,4,9H2,1H3,(H2,26,30)(H,28,31)/t14-,16+/m0/s1. The largest absolute Gasteiger partial charge is 0.486 e. The lowest BCUT2D eigenvalue weighted by molar-refractivity contribution is -0.142. The molecule has 2 aromatic heterocycles. The van der Waals surface area contributed by atoms with Crippen molar-refractivity contribution >= 4 is 22.8 Å². The number of amides is 2. The van der Waals surface area contributed by atoms with Crippen LogP contribution in [0.4, 0.5) is 13.2 Å². The predicted octanol–water partition coefficient (Wildman–Crippen LogP) is 2.80. The van der Waals surface area contributed by atoms with Crippen LogP contribution in [0.5, 0.6) is 5.75 Å².